The molecule has 0 aromatic carbocycles. The van der Waals surface area contributed by atoms with Gasteiger partial charge in [0.25, 0.3) is 0 Å². The molecule has 0 aromatic rings. The summed E-state index contributed by atoms with van der Waals surface area (Å²) in [4.78, 5) is 14.8. The third-order valence-electron chi connectivity index (χ3n) is 1.42. The Morgan fingerprint density at radius 1 is 1.70 bits per heavy atom. The molecule has 56 valence electrons. The highest BCUT2D eigenvalue weighted by molar-refractivity contribution is 5.95. The Balaban J connectivity index is 2.52. The van der Waals surface area contributed by atoms with Gasteiger partial charge in [-0.2, -0.15) is 0 Å². The predicted molar refractivity (Wildman–Crippen MR) is 37.9 cm³/mol. The lowest BCUT2D eigenvalue weighted by molar-refractivity contribution is -0.135. The van der Waals surface area contributed by atoms with E-state index in [9.17, 15) is 4.79 Å². The molecule has 10 heavy (non-hydrogen) atoms. The van der Waals surface area contributed by atoms with Gasteiger partial charge in [0, 0.05) is 6.92 Å². The monoisotopic (exact) mass is 141 g/mol. The van der Waals surface area contributed by atoms with Gasteiger partial charge in [-0.1, -0.05) is 13.3 Å². The quantitative estimate of drug-likeness (QED) is 0.541. The van der Waals surface area contributed by atoms with Crippen molar-refractivity contribution in [1.82, 2.24) is 0 Å². The number of rotatable bonds is 2. The highest BCUT2D eigenvalue weighted by Crippen LogP contribution is 2.11. The fourth-order valence-electron chi connectivity index (χ4n) is 0.968. The normalized spacial score (nSPS) is 24.4. The summed E-state index contributed by atoms with van der Waals surface area (Å²) in [5.41, 5.74) is 0. The molecule has 0 radical (unpaired) electrons. The van der Waals surface area contributed by atoms with E-state index in [4.69, 9.17) is 4.74 Å². The van der Waals surface area contributed by atoms with Crippen LogP contribution in [-0.2, 0) is 9.53 Å². The van der Waals surface area contributed by atoms with E-state index in [1.54, 1.807) is 6.92 Å². The van der Waals surface area contributed by atoms with Gasteiger partial charge in [-0.25, -0.2) is 9.79 Å². The van der Waals surface area contributed by atoms with Crippen LogP contribution < -0.4 is 0 Å². The van der Waals surface area contributed by atoms with E-state index in [1.807, 2.05) is 6.92 Å². The van der Waals surface area contributed by atoms with Gasteiger partial charge >= 0.3 is 5.97 Å². The Morgan fingerprint density at radius 3 is 2.80 bits per heavy atom. The Kier molecular flexibility index (Phi) is 2.04. The average molecular weight is 141 g/mol. The molecule has 1 unspecified atom stereocenters. The zero-order valence-corrected chi connectivity index (χ0v) is 6.26. The highest BCUT2D eigenvalue weighted by atomic mass is 16.6. The number of cyclic esters (lactones) is 1. The SMILES string of the molecule is CCCC1N=C(C)OC1=O. The van der Waals surface area contributed by atoms with Gasteiger partial charge in [0.2, 0.25) is 0 Å². The second kappa shape index (κ2) is 2.82. The van der Waals surface area contributed by atoms with E-state index in [0.29, 0.717) is 5.90 Å². The maximum absolute atomic E-state index is 10.8. The zero-order valence-electron chi connectivity index (χ0n) is 6.26. The highest BCUT2D eigenvalue weighted by Gasteiger charge is 2.25. The fourth-order valence-corrected chi connectivity index (χ4v) is 0.968. The van der Waals surface area contributed by atoms with Crippen LogP contribution in [0.5, 0.6) is 0 Å². The molecule has 0 saturated heterocycles. The molecule has 1 aliphatic heterocycles. The van der Waals surface area contributed by atoms with Crippen LogP contribution in [0.1, 0.15) is 26.7 Å². The maximum Gasteiger partial charge on any atom is 0.337 e. The third kappa shape index (κ3) is 1.35. The van der Waals surface area contributed by atoms with E-state index in [0.717, 1.165) is 12.8 Å². The summed E-state index contributed by atoms with van der Waals surface area (Å²) < 4.78 is 4.74. The van der Waals surface area contributed by atoms with E-state index >= 15 is 0 Å². The van der Waals surface area contributed by atoms with Gasteiger partial charge < -0.3 is 4.74 Å². The van der Waals surface area contributed by atoms with Crippen LogP contribution in [-0.4, -0.2) is 17.9 Å². The minimum Gasteiger partial charge on any atom is -0.411 e. The maximum atomic E-state index is 10.8. The zero-order chi connectivity index (χ0) is 7.56. The first-order valence-electron chi connectivity index (χ1n) is 3.50. The predicted octanol–water partition coefficient (Wildman–Crippen LogP) is 1.13. The minimum absolute atomic E-state index is 0.195. The lowest BCUT2D eigenvalue weighted by atomic mass is 10.2. The molecule has 3 nitrogen and oxygen atoms in total. The van der Waals surface area contributed by atoms with Crippen molar-refractivity contribution in [1.29, 1.82) is 0 Å². The molecule has 1 atom stereocenters. The van der Waals surface area contributed by atoms with Crippen LogP contribution in [0, 0.1) is 0 Å². The summed E-state index contributed by atoms with van der Waals surface area (Å²) in [6.07, 6.45) is 1.77. The minimum atomic E-state index is -0.218. The van der Waals surface area contributed by atoms with Crippen LogP contribution >= 0.6 is 0 Å². The third-order valence-corrected chi connectivity index (χ3v) is 1.42. The number of ether oxygens (including phenoxy) is 1. The Labute approximate surface area is 60.1 Å². The van der Waals surface area contributed by atoms with Gasteiger partial charge in [-0.15, -0.1) is 0 Å². The van der Waals surface area contributed by atoms with Crippen molar-refractivity contribution >= 4 is 11.9 Å². The largest absolute Gasteiger partial charge is 0.411 e. The van der Waals surface area contributed by atoms with E-state index < -0.39 is 0 Å². The first-order chi connectivity index (χ1) is 4.74. The summed E-state index contributed by atoms with van der Waals surface area (Å²) in [6, 6.07) is -0.218. The van der Waals surface area contributed by atoms with Crippen LogP contribution in [0.4, 0.5) is 0 Å². The molecule has 0 N–H and O–H groups in total. The molecule has 1 aliphatic rings. The van der Waals surface area contributed by atoms with Gasteiger partial charge in [-0.05, 0) is 6.42 Å². The number of carbonyl (C=O) groups is 1. The van der Waals surface area contributed by atoms with Crippen molar-refractivity contribution in [3.8, 4) is 0 Å². The van der Waals surface area contributed by atoms with Crippen LogP contribution in [0.15, 0.2) is 4.99 Å². The van der Waals surface area contributed by atoms with Crippen molar-refractivity contribution in [2.75, 3.05) is 0 Å². The van der Waals surface area contributed by atoms with Crippen molar-refractivity contribution in [2.45, 2.75) is 32.7 Å². The summed E-state index contributed by atoms with van der Waals surface area (Å²) in [5, 5.41) is 0. The molecule has 0 fully saturated rings. The summed E-state index contributed by atoms with van der Waals surface area (Å²) in [7, 11) is 0. The number of esters is 1. The number of carbonyl (C=O) groups excluding carboxylic acids is 1. The first-order valence-corrected chi connectivity index (χ1v) is 3.50. The second-order valence-corrected chi connectivity index (χ2v) is 2.37. The molecule has 0 aromatic heterocycles. The first kappa shape index (κ1) is 7.25. The number of nitrogens with zero attached hydrogens (tertiary/aromatic N) is 1. The molecular formula is C7H11NO2. The molecular weight excluding hydrogens is 130 g/mol. The number of aliphatic imine (C=N–C) groups is 1. The number of hydrogen-bond acceptors (Lipinski definition) is 3. The topological polar surface area (TPSA) is 38.7 Å². The molecule has 0 aliphatic carbocycles. The van der Waals surface area contributed by atoms with Gasteiger partial charge in [0.05, 0.1) is 0 Å². The molecule has 1 rings (SSSR count). The Morgan fingerprint density at radius 2 is 2.40 bits per heavy atom. The Bertz CT molecular complexity index is 174. The average Bonchev–Trinajstić information content (AvgIpc) is 2.13. The van der Waals surface area contributed by atoms with Crippen molar-refractivity contribution in [3.63, 3.8) is 0 Å². The molecule has 1 heterocycles. The smallest absolute Gasteiger partial charge is 0.337 e. The van der Waals surface area contributed by atoms with Crippen molar-refractivity contribution < 1.29 is 9.53 Å². The summed E-state index contributed by atoms with van der Waals surface area (Å²) >= 11 is 0. The fraction of sp³-hybridized carbons (Fsp3) is 0.714. The van der Waals surface area contributed by atoms with E-state index in [-0.39, 0.29) is 12.0 Å². The van der Waals surface area contributed by atoms with Crippen LogP contribution in [0.3, 0.4) is 0 Å². The molecule has 0 saturated carbocycles. The van der Waals surface area contributed by atoms with Gasteiger partial charge in [0.1, 0.15) is 0 Å². The van der Waals surface area contributed by atoms with Crippen LogP contribution in [0.25, 0.3) is 0 Å². The summed E-state index contributed by atoms with van der Waals surface area (Å²) in [5.74, 6) is 0.308. The van der Waals surface area contributed by atoms with E-state index in [2.05, 4.69) is 4.99 Å². The number of hydrogen-bond donors (Lipinski definition) is 0. The molecule has 3 heteroatoms. The summed E-state index contributed by atoms with van der Waals surface area (Å²) in [6.45, 7) is 3.73. The Hall–Kier alpha value is -0.860. The van der Waals surface area contributed by atoms with Gasteiger partial charge in [-0.3, -0.25) is 0 Å². The van der Waals surface area contributed by atoms with Gasteiger partial charge in [0.15, 0.2) is 11.9 Å². The van der Waals surface area contributed by atoms with Crippen molar-refractivity contribution in [3.05, 3.63) is 0 Å². The lowest BCUT2D eigenvalue weighted by Gasteiger charge is -1.97. The molecule has 0 spiro atoms. The van der Waals surface area contributed by atoms with Crippen molar-refractivity contribution in [2.24, 2.45) is 4.99 Å². The van der Waals surface area contributed by atoms with Crippen LogP contribution in [0.2, 0.25) is 0 Å². The molecule has 0 amide bonds. The van der Waals surface area contributed by atoms with E-state index in [1.165, 1.54) is 0 Å². The molecule has 0 bridgehead atoms. The second-order valence-electron chi connectivity index (χ2n) is 2.37. The lowest BCUT2D eigenvalue weighted by Crippen LogP contribution is -2.13. The standard InChI is InChI=1S/C7H11NO2/c1-3-4-6-7(9)10-5(2)8-6/h6H,3-4H2,1-2H3.